The molecule has 7 heteroatoms. The van der Waals surface area contributed by atoms with E-state index in [2.05, 4.69) is 10.3 Å². The molecular formula is C18H23FN4O2. The molecular weight excluding hydrogens is 323 g/mol. The third-order valence-electron chi connectivity index (χ3n) is 4.02. The lowest BCUT2D eigenvalue weighted by Gasteiger charge is -2.14. The number of rotatable bonds is 7. The molecule has 0 aliphatic heterocycles. The first-order valence-corrected chi connectivity index (χ1v) is 8.04. The minimum absolute atomic E-state index is 0.0180. The van der Waals surface area contributed by atoms with E-state index in [1.165, 1.54) is 18.2 Å². The molecule has 0 spiro atoms. The number of carbonyl (C=O) groups is 2. The van der Waals surface area contributed by atoms with Crippen LogP contribution in [0.5, 0.6) is 0 Å². The maximum absolute atomic E-state index is 13.6. The van der Waals surface area contributed by atoms with E-state index < -0.39 is 11.7 Å². The number of hydrogen-bond acceptors (Lipinski definition) is 4. The molecule has 0 saturated carbocycles. The van der Waals surface area contributed by atoms with Crippen molar-refractivity contribution < 1.29 is 14.0 Å². The predicted octanol–water partition coefficient (Wildman–Crippen LogP) is 2.15. The number of nitrogens with one attached hydrogen (secondary N) is 1. The normalized spacial score (nSPS) is 11.9. The fraction of sp³-hybridized carbons (Fsp3) is 0.389. The van der Waals surface area contributed by atoms with Crippen LogP contribution in [0.25, 0.3) is 0 Å². The van der Waals surface area contributed by atoms with Crippen LogP contribution in [-0.2, 0) is 18.4 Å². The van der Waals surface area contributed by atoms with Crippen LogP contribution in [0.3, 0.4) is 0 Å². The molecule has 0 unspecified atom stereocenters. The number of imidazole rings is 1. The van der Waals surface area contributed by atoms with Gasteiger partial charge < -0.3 is 14.8 Å². The minimum atomic E-state index is -0.564. The van der Waals surface area contributed by atoms with Crippen LogP contribution in [0.15, 0.2) is 30.5 Å². The highest BCUT2D eigenvalue weighted by molar-refractivity contribution is 5.98. The van der Waals surface area contributed by atoms with Crippen molar-refractivity contribution in [2.45, 2.75) is 19.9 Å². The standard InChI is InChI=1S/C18H23FN4O2/c1-12(9-16(24)14-7-5-6-8-15(14)19)17(25)20-10-13-11-21-18(22(2)3)23(13)4/h5-8,11-12H,9-10H2,1-4H3,(H,20,25)/t12-/m1/s1. The number of carbonyl (C=O) groups excluding carboxylic acids is 2. The summed E-state index contributed by atoms with van der Waals surface area (Å²) in [6, 6.07) is 5.80. The number of ketones is 1. The van der Waals surface area contributed by atoms with E-state index in [1.54, 1.807) is 19.2 Å². The van der Waals surface area contributed by atoms with Gasteiger partial charge in [0, 0.05) is 33.5 Å². The van der Waals surface area contributed by atoms with E-state index in [0.29, 0.717) is 6.54 Å². The van der Waals surface area contributed by atoms with Gasteiger partial charge in [-0.2, -0.15) is 0 Å². The number of amides is 1. The fourth-order valence-electron chi connectivity index (χ4n) is 2.53. The lowest BCUT2D eigenvalue weighted by Crippen LogP contribution is -2.31. The van der Waals surface area contributed by atoms with E-state index >= 15 is 0 Å². The molecule has 2 rings (SSSR count). The predicted molar refractivity (Wildman–Crippen MR) is 93.9 cm³/mol. The molecule has 0 radical (unpaired) electrons. The molecule has 0 aliphatic rings. The van der Waals surface area contributed by atoms with Gasteiger partial charge in [0.05, 0.1) is 24.0 Å². The molecule has 1 aromatic heterocycles. The van der Waals surface area contributed by atoms with E-state index in [9.17, 15) is 14.0 Å². The summed E-state index contributed by atoms with van der Waals surface area (Å²) in [6.45, 7) is 1.97. The molecule has 6 nitrogen and oxygen atoms in total. The Hall–Kier alpha value is -2.70. The summed E-state index contributed by atoms with van der Waals surface area (Å²) in [4.78, 5) is 30.5. The molecule has 0 saturated heterocycles. The van der Waals surface area contributed by atoms with Gasteiger partial charge in [-0.3, -0.25) is 9.59 Å². The average molecular weight is 346 g/mol. The highest BCUT2D eigenvalue weighted by Crippen LogP contribution is 2.14. The molecule has 25 heavy (non-hydrogen) atoms. The Morgan fingerprint density at radius 2 is 2.00 bits per heavy atom. The van der Waals surface area contributed by atoms with Crippen LogP contribution in [-0.4, -0.2) is 35.3 Å². The first-order valence-electron chi connectivity index (χ1n) is 8.04. The zero-order valence-corrected chi connectivity index (χ0v) is 14.9. The number of nitrogens with zero attached hydrogens (tertiary/aromatic N) is 3. The Morgan fingerprint density at radius 3 is 2.60 bits per heavy atom. The zero-order chi connectivity index (χ0) is 18.6. The molecule has 2 aromatic rings. The van der Waals surface area contributed by atoms with Crippen LogP contribution in [0.1, 0.15) is 29.4 Å². The summed E-state index contributed by atoms with van der Waals surface area (Å²) in [5.74, 6) is -0.958. The Kier molecular flexibility index (Phi) is 5.90. The maximum atomic E-state index is 13.6. The minimum Gasteiger partial charge on any atom is -0.350 e. The second kappa shape index (κ2) is 7.92. The monoisotopic (exact) mass is 346 g/mol. The molecule has 1 N–H and O–H groups in total. The molecule has 0 fully saturated rings. The van der Waals surface area contributed by atoms with E-state index in [1.807, 2.05) is 30.6 Å². The molecule has 1 aromatic carbocycles. The highest BCUT2D eigenvalue weighted by atomic mass is 19.1. The summed E-state index contributed by atoms with van der Waals surface area (Å²) in [7, 11) is 5.65. The maximum Gasteiger partial charge on any atom is 0.223 e. The third kappa shape index (κ3) is 4.43. The van der Waals surface area contributed by atoms with Gasteiger partial charge in [0.15, 0.2) is 5.78 Å². The SMILES string of the molecule is C[C@H](CC(=O)c1ccccc1F)C(=O)NCc1cnc(N(C)C)n1C. The van der Waals surface area contributed by atoms with Gasteiger partial charge in [0.25, 0.3) is 0 Å². The van der Waals surface area contributed by atoms with Gasteiger partial charge in [-0.25, -0.2) is 9.37 Å². The largest absolute Gasteiger partial charge is 0.350 e. The van der Waals surface area contributed by atoms with E-state index in [4.69, 9.17) is 0 Å². The fourth-order valence-corrected chi connectivity index (χ4v) is 2.53. The Labute approximate surface area is 146 Å². The van der Waals surface area contributed by atoms with Gasteiger partial charge in [-0.1, -0.05) is 19.1 Å². The number of halogens is 1. The van der Waals surface area contributed by atoms with Crippen molar-refractivity contribution in [1.29, 1.82) is 0 Å². The van der Waals surface area contributed by atoms with Crippen molar-refractivity contribution in [3.8, 4) is 0 Å². The lowest BCUT2D eigenvalue weighted by atomic mass is 9.98. The van der Waals surface area contributed by atoms with Crippen molar-refractivity contribution in [1.82, 2.24) is 14.9 Å². The molecule has 1 amide bonds. The first kappa shape index (κ1) is 18.6. The van der Waals surface area contributed by atoms with E-state index in [-0.39, 0.29) is 23.7 Å². The highest BCUT2D eigenvalue weighted by Gasteiger charge is 2.20. The average Bonchev–Trinajstić information content (AvgIpc) is 2.93. The van der Waals surface area contributed by atoms with Crippen LogP contribution in [0.2, 0.25) is 0 Å². The van der Waals surface area contributed by atoms with Crippen molar-refractivity contribution in [3.05, 3.63) is 47.5 Å². The van der Waals surface area contributed by atoms with Crippen LogP contribution >= 0.6 is 0 Å². The second-order valence-corrected chi connectivity index (χ2v) is 6.23. The number of aromatic nitrogens is 2. The van der Waals surface area contributed by atoms with E-state index in [0.717, 1.165) is 11.6 Å². The molecule has 134 valence electrons. The van der Waals surface area contributed by atoms with Crippen molar-refractivity contribution >= 4 is 17.6 Å². The lowest BCUT2D eigenvalue weighted by molar-refractivity contribution is -0.124. The third-order valence-corrected chi connectivity index (χ3v) is 4.02. The Bertz CT molecular complexity index is 770. The zero-order valence-electron chi connectivity index (χ0n) is 14.9. The Morgan fingerprint density at radius 1 is 1.32 bits per heavy atom. The van der Waals surface area contributed by atoms with Crippen LogP contribution in [0.4, 0.5) is 10.3 Å². The van der Waals surface area contributed by atoms with Gasteiger partial charge in [0.2, 0.25) is 11.9 Å². The number of Topliss-reactive ketones (excluding diaryl/α,β-unsaturated/α-hetero) is 1. The molecule has 0 bridgehead atoms. The van der Waals surface area contributed by atoms with Gasteiger partial charge in [0.1, 0.15) is 5.82 Å². The summed E-state index contributed by atoms with van der Waals surface area (Å²) < 4.78 is 15.5. The summed E-state index contributed by atoms with van der Waals surface area (Å²) in [5, 5.41) is 2.80. The summed E-state index contributed by atoms with van der Waals surface area (Å²) in [6.07, 6.45) is 1.66. The molecule has 1 atom stereocenters. The van der Waals surface area contributed by atoms with Crippen molar-refractivity contribution in [3.63, 3.8) is 0 Å². The summed E-state index contributed by atoms with van der Waals surface area (Å²) >= 11 is 0. The van der Waals surface area contributed by atoms with Gasteiger partial charge in [-0.15, -0.1) is 0 Å². The molecule has 1 heterocycles. The van der Waals surface area contributed by atoms with Crippen molar-refractivity contribution in [2.24, 2.45) is 13.0 Å². The van der Waals surface area contributed by atoms with Crippen LogP contribution in [0, 0.1) is 11.7 Å². The topological polar surface area (TPSA) is 67.2 Å². The quantitative estimate of drug-likeness (QED) is 0.780. The Balaban J connectivity index is 1.92. The number of anilines is 1. The first-order chi connectivity index (χ1) is 11.8. The van der Waals surface area contributed by atoms with Gasteiger partial charge >= 0.3 is 0 Å². The van der Waals surface area contributed by atoms with Crippen molar-refractivity contribution in [2.75, 3.05) is 19.0 Å². The number of hydrogen-bond donors (Lipinski definition) is 1. The van der Waals surface area contributed by atoms with Gasteiger partial charge in [-0.05, 0) is 12.1 Å². The summed E-state index contributed by atoms with van der Waals surface area (Å²) in [5.41, 5.74) is 0.870. The smallest absolute Gasteiger partial charge is 0.223 e. The molecule has 0 aliphatic carbocycles. The second-order valence-electron chi connectivity index (χ2n) is 6.23. The van der Waals surface area contributed by atoms with Crippen LogP contribution < -0.4 is 10.2 Å². The number of benzene rings is 1.